The number of ether oxygens (including phenoxy) is 1. The van der Waals surface area contributed by atoms with Gasteiger partial charge in [-0.3, -0.25) is 9.78 Å². The van der Waals surface area contributed by atoms with E-state index < -0.39 is 51.5 Å². The van der Waals surface area contributed by atoms with Crippen molar-refractivity contribution in [3.05, 3.63) is 88.1 Å². The quantitative estimate of drug-likeness (QED) is 0.209. The van der Waals surface area contributed by atoms with Crippen molar-refractivity contribution >= 4 is 51.6 Å². The van der Waals surface area contributed by atoms with Gasteiger partial charge in [-0.25, -0.2) is 18.6 Å². The number of hydrogen-bond donors (Lipinski definition) is 2. The van der Waals surface area contributed by atoms with Gasteiger partial charge in [-0.1, -0.05) is 11.6 Å². The Morgan fingerprint density at radius 3 is 2.41 bits per heavy atom. The third-order valence-corrected chi connectivity index (χ3v) is 6.54. The second-order valence-electron chi connectivity index (χ2n) is 8.92. The van der Waals surface area contributed by atoms with Gasteiger partial charge in [0.15, 0.2) is 11.6 Å². The van der Waals surface area contributed by atoms with E-state index in [1.165, 1.54) is 18.2 Å². The fourth-order valence-corrected chi connectivity index (χ4v) is 4.48. The minimum absolute atomic E-state index is 0.0651. The maximum absolute atomic E-state index is 15.3. The molecular weight excluding hydrogens is 573 g/mol. The number of alkyl halides is 3. The molecule has 0 saturated carbocycles. The van der Waals surface area contributed by atoms with E-state index in [1.807, 2.05) is 4.90 Å². The molecule has 14 heteroatoms. The van der Waals surface area contributed by atoms with Crippen molar-refractivity contribution < 1.29 is 36.3 Å². The standard InChI is InChI=1S/C27H19ClF5N5O3/c28-17-12-15(2-3-16(17)27(31,32)33)35-26(40)37-20-6-4-18(29)23(24(20)30)25(39)14-1-5-19-21(11-14)36-22(13-34-19)38-7-9-41-10-8-38/h1-6,11-13H,7-10H2,(H2,35,37,40). The topological polar surface area (TPSA) is 96.5 Å². The number of morpholine rings is 1. The summed E-state index contributed by atoms with van der Waals surface area (Å²) in [5, 5.41) is 3.67. The summed E-state index contributed by atoms with van der Waals surface area (Å²) >= 11 is 5.65. The summed E-state index contributed by atoms with van der Waals surface area (Å²) in [5.41, 5.74) is -1.94. The van der Waals surface area contributed by atoms with Crippen molar-refractivity contribution in [1.29, 1.82) is 0 Å². The lowest BCUT2D eigenvalue weighted by Gasteiger charge is -2.27. The first-order valence-electron chi connectivity index (χ1n) is 12.1. The van der Waals surface area contributed by atoms with Crippen molar-refractivity contribution in [1.82, 2.24) is 9.97 Å². The number of hydrogen-bond acceptors (Lipinski definition) is 6. The first-order valence-corrected chi connectivity index (χ1v) is 12.5. The summed E-state index contributed by atoms with van der Waals surface area (Å²) in [7, 11) is 0. The molecule has 3 aromatic carbocycles. The molecule has 1 aromatic heterocycles. The number of fused-ring (bicyclic) bond motifs is 1. The maximum atomic E-state index is 15.3. The van der Waals surface area contributed by atoms with E-state index in [0.29, 0.717) is 49.2 Å². The molecular formula is C27H19ClF5N5O3. The average Bonchev–Trinajstić information content (AvgIpc) is 2.93. The van der Waals surface area contributed by atoms with Crippen LogP contribution in [0.2, 0.25) is 5.02 Å². The molecule has 8 nitrogen and oxygen atoms in total. The van der Waals surface area contributed by atoms with Crippen molar-refractivity contribution in [2.75, 3.05) is 41.8 Å². The average molecular weight is 592 g/mol. The molecule has 1 saturated heterocycles. The number of carbonyl (C=O) groups is 2. The normalized spacial score (nSPS) is 13.8. The third kappa shape index (κ3) is 6.05. The van der Waals surface area contributed by atoms with Gasteiger partial charge in [-0.15, -0.1) is 0 Å². The number of carbonyl (C=O) groups excluding carboxylic acids is 2. The number of benzene rings is 3. The smallest absolute Gasteiger partial charge is 0.378 e. The van der Waals surface area contributed by atoms with Crippen LogP contribution in [0.15, 0.2) is 54.7 Å². The molecule has 2 amide bonds. The Morgan fingerprint density at radius 1 is 0.951 bits per heavy atom. The van der Waals surface area contributed by atoms with Gasteiger partial charge in [0, 0.05) is 24.3 Å². The summed E-state index contributed by atoms with van der Waals surface area (Å²) in [4.78, 5) is 36.5. The van der Waals surface area contributed by atoms with Gasteiger partial charge in [0.2, 0.25) is 0 Å². The number of halogens is 6. The molecule has 2 N–H and O–H groups in total. The van der Waals surface area contributed by atoms with Crippen LogP contribution in [0.25, 0.3) is 11.0 Å². The molecule has 1 aliphatic rings. The molecule has 5 rings (SSSR count). The van der Waals surface area contributed by atoms with Crippen LogP contribution in [-0.2, 0) is 10.9 Å². The highest BCUT2D eigenvalue weighted by atomic mass is 35.5. The number of rotatable bonds is 5. The highest BCUT2D eigenvalue weighted by molar-refractivity contribution is 6.31. The molecule has 0 atom stereocenters. The Balaban J connectivity index is 1.37. The zero-order valence-electron chi connectivity index (χ0n) is 20.9. The Bertz CT molecular complexity index is 1660. The number of aromatic nitrogens is 2. The lowest BCUT2D eigenvalue weighted by molar-refractivity contribution is -0.137. The van der Waals surface area contributed by atoms with Crippen LogP contribution >= 0.6 is 11.6 Å². The summed E-state index contributed by atoms with van der Waals surface area (Å²) in [6, 6.07) is 7.36. The van der Waals surface area contributed by atoms with Crippen LogP contribution in [-0.4, -0.2) is 48.1 Å². The number of nitrogens with one attached hydrogen (secondary N) is 2. The lowest BCUT2D eigenvalue weighted by Crippen LogP contribution is -2.36. The van der Waals surface area contributed by atoms with E-state index in [2.05, 4.69) is 20.6 Å². The first kappa shape index (κ1) is 28.2. The molecule has 2 heterocycles. The third-order valence-electron chi connectivity index (χ3n) is 6.23. The fraction of sp³-hybridized carbons (Fsp3) is 0.185. The lowest BCUT2D eigenvalue weighted by atomic mass is 10.0. The Hall–Kier alpha value is -4.36. The largest absolute Gasteiger partial charge is 0.417 e. The van der Waals surface area contributed by atoms with E-state index in [9.17, 15) is 27.2 Å². The van der Waals surface area contributed by atoms with E-state index in [4.69, 9.17) is 16.3 Å². The SMILES string of the molecule is O=C(Nc1ccc(C(F)(F)F)c(Cl)c1)Nc1ccc(F)c(C(=O)c2ccc3ncc(N4CCOCC4)nc3c2)c1F. The van der Waals surface area contributed by atoms with Crippen LogP contribution in [0, 0.1) is 11.6 Å². The number of urea groups is 1. The van der Waals surface area contributed by atoms with Gasteiger partial charge in [-0.05, 0) is 48.5 Å². The number of amides is 2. The summed E-state index contributed by atoms with van der Waals surface area (Å²) in [6.07, 6.45) is -3.10. The van der Waals surface area contributed by atoms with Crippen LogP contribution in [0.4, 0.5) is 43.9 Å². The Morgan fingerprint density at radius 2 is 1.71 bits per heavy atom. The van der Waals surface area contributed by atoms with Crippen molar-refractivity contribution in [2.24, 2.45) is 0 Å². The molecule has 1 fully saturated rings. The molecule has 212 valence electrons. The zero-order chi connectivity index (χ0) is 29.3. The first-order chi connectivity index (χ1) is 19.5. The predicted molar refractivity (Wildman–Crippen MR) is 141 cm³/mol. The highest BCUT2D eigenvalue weighted by Gasteiger charge is 2.33. The second-order valence-corrected chi connectivity index (χ2v) is 9.32. The van der Waals surface area contributed by atoms with Crippen LogP contribution in [0.3, 0.4) is 0 Å². The molecule has 0 unspecified atom stereocenters. The van der Waals surface area contributed by atoms with E-state index in [0.717, 1.165) is 24.3 Å². The number of nitrogens with zero attached hydrogens (tertiary/aromatic N) is 3. The molecule has 0 radical (unpaired) electrons. The van der Waals surface area contributed by atoms with E-state index in [-0.39, 0.29) is 11.3 Å². The molecule has 0 aliphatic carbocycles. The molecule has 0 spiro atoms. The summed E-state index contributed by atoms with van der Waals surface area (Å²) in [6.45, 7) is 2.26. The molecule has 41 heavy (non-hydrogen) atoms. The minimum Gasteiger partial charge on any atom is -0.378 e. The number of anilines is 3. The summed E-state index contributed by atoms with van der Waals surface area (Å²) < 4.78 is 74.1. The van der Waals surface area contributed by atoms with Crippen LogP contribution < -0.4 is 15.5 Å². The van der Waals surface area contributed by atoms with Crippen molar-refractivity contribution in [3.63, 3.8) is 0 Å². The summed E-state index contributed by atoms with van der Waals surface area (Å²) in [5.74, 6) is -2.95. The van der Waals surface area contributed by atoms with Crippen LogP contribution in [0.1, 0.15) is 21.5 Å². The molecule has 4 aromatic rings. The van der Waals surface area contributed by atoms with Gasteiger partial charge in [0.25, 0.3) is 0 Å². The number of ketones is 1. The van der Waals surface area contributed by atoms with Gasteiger partial charge < -0.3 is 20.3 Å². The maximum Gasteiger partial charge on any atom is 0.417 e. The van der Waals surface area contributed by atoms with Gasteiger partial charge >= 0.3 is 12.2 Å². The van der Waals surface area contributed by atoms with Crippen molar-refractivity contribution in [3.8, 4) is 0 Å². The van der Waals surface area contributed by atoms with Crippen LogP contribution in [0.5, 0.6) is 0 Å². The predicted octanol–water partition coefficient (Wildman–Crippen LogP) is 6.29. The van der Waals surface area contributed by atoms with E-state index >= 15 is 4.39 Å². The molecule has 0 bridgehead atoms. The monoisotopic (exact) mass is 591 g/mol. The molecule has 1 aliphatic heterocycles. The van der Waals surface area contributed by atoms with Gasteiger partial charge in [0.1, 0.15) is 11.6 Å². The highest BCUT2D eigenvalue weighted by Crippen LogP contribution is 2.36. The fourth-order valence-electron chi connectivity index (χ4n) is 4.20. The van der Waals surface area contributed by atoms with Crippen molar-refractivity contribution in [2.45, 2.75) is 6.18 Å². The van der Waals surface area contributed by atoms with Gasteiger partial charge in [0.05, 0.1) is 52.3 Å². The van der Waals surface area contributed by atoms with E-state index in [1.54, 1.807) is 6.20 Å². The second kappa shape index (κ2) is 11.3. The minimum atomic E-state index is -4.69. The Kier molecular flexibility index (Phi) is 7.74. The Labute approximate surface area is 234 Å². The van der Waals surface area contributed by atoms with Gasteiger partial charge in [-0.2, -0.15) is 13.2 Å². The zero-order valence-corrected chi connectivity index (χ0v) is 21.6.